The zero-order valence-electron chi connectivity index (χ0n) is 11.6. The Morgan fingerprint density at radius 1 is 1.30 bits per heavy atom. The first-order valence-electron chi connectivity index (χ1n) is 6.56. The van der Waals surface area contributed by atoms with E-state index in [-0.39, 0.29) is 11.2 Å². The summed E-state index contributed by atoms with van der Waals surface area (Å²) < 4.78 is 0. The number of halogens is 2. The van der Waals surface area contributed by atoms with E-state index in [0.29, 0.717) is 28.6 Å². The molecule has 0 radical (unpaired) electrons. The van der Waals surface area contributed by atoms with E-state index in [9.17, 15) is 4.79 Å². The normalized spacial score (nSPS) is 18.4. The highest BCUT2D eigenvalue weighted by Crippen LogP contribution is 2.34. The Hall–Kier alpha value is -1.12. The van der Waals surface area contributed by atoms with Crippen molar-refractivity contribution < 1.29 is 4.79 Å². The third kappa shape index (κ3) is 4.19. The van der Waals surface area contributed by atoms with E-state index in [2.05, 4.69) is 18.8 Å². The van der Waals surface area contributed by atoms with Crippen LogP contribution in [0.25, 0.3) is 0 Å². The van der Waals surface area contributed by atoms with Gasteiger partial charge in [0.1, 0.15) is 0 Å². The molecule has 0 N–H and O–H groups in total. The molecule has 20 heavy (non-hydrogen) atoms. The monoisotopic (exact) mass is 309 g/mol. The maximum atomic E-state index is 11.7. The highest BCUT2D eigenvalue weighted by atomic mass is 35.5. The molecule has 0 aromatic heterocycles. The molecular formula is C16H17Cl2NO. The number of hydrogen-bond donors (Lipinski definition) is 0. The molecule has 0 heterocycles. The van der Waals surface area contributed by atoms with Crippen molar-refractivity contribution in [3.8, 4) is 0 Å². The summed E-state index contributed by atoms with van der Waals surface area (Å²) in [5, 5.41) is 1.12. The summed E-state index contributed by atoms with van der Waals surface area (Å²) >= 11 is 11.9. The van der Waals surface area contributed by atoms with Crippen molar-refractivity contribution in [1.82, 2.24) is 0 Å². The van der Waals surface area contributed by atoms with E-state index >= 15 is 0 Å². The van der Waals surface area contributed by atoms with Crippen LogP contribution in [0, 0.1) is 5.41 Å². The van der Waals surface area contributed by atoms with Crippen LogP contribution in [0.4, 0.5) is 5.69 Å². The number of allylic oxidation sites excluding steroid dienone is 2. The summed E-state index contributed by atoms with van der Waals surface area (Å²) in [5.41, 5.74) is 1.87. The lowest BCUT2D eigenvalue weighted by Crippen LogP contribution is -2.21. The van der Waals surface area contributed by atoms with Crippen molar-refractivity contribution in [3.63, 3.8) is 0 Å². The van der Waals surface area contributed by atoms with Crippen molar-refractivity contribution in [3.05, 3.63) is 39.9 Å². The van der Waals surface area contributed by atoms with Crippen LogP contribution >= 0.6 is 23.2 Å². The topological polar surface area (TPSA) is 29.4 Å². The Labute approximate surface area is 129 Å². The first kappa shape index (κ1) is 15.3. The molecule has 0 atom stereocenters. The number of nitrogens with zero attached hydrogens (tertiary/aromatic N) is 1. The minimum Gasteiger partial charge on any atom is -0.295 e. The van der Waals surface area contributed by atoms with Gasteiger partial charge in [0.15, 0.2) is 5.78 Å². The number of carbonyl (C=O) groups is 1. The van der Waals surface area contributed by atoms with Crippen LogP contribution in [0.3, 0.4) is 0 Å². The van der Waals surface area contributed by atoms with E-state index in [4.69, 9.17) is 23.2 Å². The van der Waals surface area contributed by atoms with Crippen molar-refractivity contribution in [2.75, 3.05) is 0 Å². The summed E-state index contributed by atoms with van der Waals surface area (Å²) in [6.07, 6.45) is 5.78. The fourth-order valence-corrected chi connectivity index (χ4v) is 2.91. The lowest BCUT2D eigenvalue weighted by atomic mass is 9.76. The van der Waals surface area contributed by atoms with Gasteiger partial charge >= 0.3 is 0 Å². The molecule has 2 nitrogen and oxygen atoms in total. The summed E-state index contributed by atoms with van der Waals surface area (Å²) in [4.78, 5) is 16.0. The molecule has 1 aromatic carbocycles. The zero-order valence-corrected chi connectivity index (χ0v) is 13.1. The standard InChI is InChI=1S/C16H17Cl2NO/c1-16(2)9-11(7-13(20)10-16)5-6-19-15-4-3-12(17)8-14(15)18/h3-4,6-8H,5,9-10H2,1-2H3. The van der Waals surface area contributed by atoms with Crippen molar-refractivity contribution in [2.24, 2.45) is 10.4 Å². The van der Waals surface area contributed by atoms with Gasteiger partial charge in [0, 0.05) is 24.1 Å². The van der Waals surface area contributed by atoms with Gasteiger partial charge in [-0.15, -0.1) is 0 Å². The average Bonchev–Trinajstić information content (AvgIpc) is 2.29. The fraction of sp³-hybridized carbons (Fsp3) is 0.375. The van der Waals surface area contributed by atoms with E-state index in [1.54, 1.807) is 30.5 Å². The van der Waals surface area contributed by atoms with Crippen LogP contribution in [-0.2, 0) is 4.79 Å². The summed E-state index contributed by atoms with van der Waals surface area (Å²) in [6, 6.07) is 5.21. The highest BCUT2D eigenvalue weighted by molar-refractivity contribution is 6.36. The number of ketones is 1. The maximum absolute atomic E-state index is 11.7. The predicted molar refractivity (Wildman–Crippen MR) is 85.3 cm³/mol. The molecule has 1 aromatic rings. The molecular weight excluding hydrogens is 293 g/mol. The van der Waals surface area contributed by atoms with Crippen LogP contribution in [0.2, 0.25) is 10.0 Å². The molecule has 106 valence electrons. The molecule has 0 saturated heterocycles. The van der Waals surface area contributed by atoms with E-state index in [1.165, 1.54) is 0 Å². The smallest absolute Gasteiger partial charge is 0.156 e. The Morgan fingerprint density at radius 3 is 2.70 bits per heavy atom. The SMILES string of the molecule is CC1(C)CC(=O)C=C(CC=Nc2ccc(Cl)cc2Cl)C1. The van der Waals surface area contributed by atoms with Crippen LogP contribution in [0.5, 0.6) is 0 Å². The van der Waals surface area contributed by atoms with Gasteiger partial charge in [-0.3, -0.25) is 9.79 Å². The van der Waals surface area contributed by atoms with Gasteiger partial charge in [0.05, 0.1) is 10.7 Å². The van der Waals surface area contributed by atoms with Crippen molar-refractivity contribution in [1.29, 1.82) is 0 Å². The predicted octanol–water partition coefficient (Wildman–Crippen LogP) is 5.40. The average molecular weight is 310 g/mol. The van der Waals surface area contributed by atoms with E-state index < -0.39 is 0 Å². The van der Waals surface area contributed by atoms with Gasteiger partial charge in [0.25, 0.3) is 0 Å². The van der Waals surface area contributed by atoms with Crippen LogP contribution in [-0.4, -0.2) is 12.0 Å². The number of aliphatic imine (C=N–C) groups is 1. The number of hydrogen-bond acceptors (Lipinski definition) is 2. The Balaban J connectivity index is 2.05. The lowest BCUT2D eigenvalue weighted by molar-refractivity contribution is -0.117. The summed E-state index contributed by atoms with van der Waals surface area (Å²) in [7, 11) is 0. The second-order valence-corrected chi connectivity index (χ2v) is 6.74. The Bertz CT molecular complexity index is 588. The zero-order chi connectivity index (χ0) is 14.8. The van der Waals surface area contributed by atoms with Gasteiger partial charge in [0.2, 0.25) is 0 Å². The van der Waals surface area contributed by atoms with Crippen LogP contribution in [0.15, 0.2) is 34.8 Å². The van der Waals surface area contributed by atoms with Gasteiger partial charge < -0.3 is 0 Å². The molecule has 0 fully saturated rings. The first-order valence-corrected chi connectivity index (χ1v) is 7.31. The number of benzene rings is 1. The minimum absolute atomic E-state index is 0.0485. The molecule has 2 rings (SSSR count). The van der Waals surface area contributed by atoms with Gasteiger partial charge in [-0.05, 0) is 36.1 Å². The van der Waals surface area contributed by atoms with Crippen molar-refractivity contribution >= 4 is 40.9 Å². The van der Waals surface area contributed by atoms with E-state index in [1.807, 2.05) is 0 Å². The Morgan fingerprint density at radius 2 is 2.05 bits per heavy atom. The molecule has 1 aliphatic rings. The fourth-order valence-electron chi connectivity index (χ4n) is 2.46. The van der Waals surface area contributed by atoms with Crippen LogP contribution in [0.1, 0.15) is 33.1 Å². The summed E-state index contributed by atoms with van der Waals surface area (Å²) in [5.74, 6) is 0.203. The largest absolute Gasteiger partial charge is 0.295 e. The Kier molecular flexibility index (Phi) is 4.66. The molecule has 1 aliphatic carbocycles. The molecule has 4 heteroatoms. The van der Waals surface area contributed by atoms with Crippen LogP contribution < -0.4 is 0 Å². The second-order valence-electron chi connectivity index (χ2n) is 5.90. The third-order valence-electron chi connectivity index (χ3n) is 3.22. The van der Waals surface area contributed by atoms with Gasteiger partial charge in [-0.2, -0.15) is 0 Å². The highest BCUT2D eigenvalue weighted by Gasteiger charge is 2.26. The number of carbonyl (C=O) groups excluding carboxylic acids is 1. The second kappa shape index (κ2) is 6.11. The lowest BCUT2D eigenvalue weighted by Gasteiger charge is -2.28. The third-order valence-corrected chi connectivity index (χ3v) is 3.75. The molecule has 0 spiro atoms. The molecule has 0 amide bonds. The molecule has 0 aliphatic heterocycles. The first-order chi connectivity index (χ1) is 9.35. The van der Waals surface area contributed by atoms with Crippen molar-refractivity contribution in [2.45, 2.75) is 33.1 Å². The van der Waals surface area contributed by atoms with E-state index in [0.717, 1.165) is 12.0 Å². The maximum Gasteiger partial charge on any atom is 0.156 e. The quantitative estimate of drug-likeness (QED) is 0.687. The van der Waals surface area contributed by atoms with Gasteiger partial charge in [-0.1, -0.05) is 42.6 Å². The molecule has 0 saturated carbocycles. The minimum atomic E-state index is 0.0485. The molecule has 0 unspecified atom stereocenters. The molecule has 0 bridgehead atoms. The summed E-state index contributed by atoms with van der Waals surface area (Å²) in [6.45, 7) is 4.23. The van der Waals surface area contributed by atoms with Gasteiger partial charge in [-0.25, -0.2) is 0 Å². The number of rotatable bonds is 3.